The van der Waals surface area contributed by atoms with Crippen molar-refractivity contribution >= 4 is 11.9 Å². The van der Waals surface area contributed by atoms with E-state index in [-0.39, 0.29) is 24.4 Å². The highest BCUT2D eigenvalue weighted by Gasteiger charge is 2.39. The summed E-state index contributed by atoms with van der Waals surface area (Å²) in [5.41, 5.74) is 0.940. The van der Waals surface area contributed by atoms with Crippen molar-refractivity contribution in [3.05, 3.63) is 35.9 Å². The Morgan fingerprint density at radius 1 is 1.18 bits per heavy atom. The molecule has 4 heteroatoms. The summed E-state index contributed by atoms with van der Waals surface area (Å²) in [5, 5.41) is 8.69. The van der Waals surface area contributed by atoms with E-state index in [9.17, 15) is 9.59 Å². The van der Waals surface area contributed by atoms with Gasteiger partial charge in [-0.3, -0.25) is 9.59 Å². The van der Waals surface area contributed by atoms with Crippen LogP contribution in [0.1, 0.15) is 18.4 Å². The Kier molecular flexibility index (Phi) is 3.42. The van der Waals surface area contributed by atoms with Crippen molar-refractivity contribution in [1.29, 1.82) is 0 Å². The fourth-order valence-electron chi connectivity index (χ4n) is 1.86. The van der Waals surface area contributed by atoms with Crippen molar-refractivity contribution in [2.75, 3.05) is 0 Å². The van der Waals surface area contributed by atoms with E-state index in [1.165, 1.54) is 0 Å². The molecule has 17 heavy (non-hydrogen) atoms. The first-order valence-corrected chi connectivity index (χ1v) is 5.60. The van der Waals surface area contributed by atoms with Crippen LogP contribution in [0, 0.1) is 11.8 Å². The Labute approximate surface area is 99.2 Å². The lowest BCUT2D eigenvalue weighted by atomic mass is 9.75. The van der Waals surface area contributed by atoms with Gasteiger partial charge in [-0.05, 0) is 18.4 Å². The molecule has 1 aromatic carbocycles. The summed E-state index contributed by atoms with van der Waals surface area (Å²) >= 11 is 0. The number of carbonyl (C=O) groups is 2. The van der Waals surface area contributed by atoms with Crippen molar-refractivity contribution in [3.63, 3.8) is 0 Å². The second-order valence-corrected chi connectivity index (χ2v) is 4.30. The van der Waals surface area contributed by atoms with E-state index in [1.54, 1.807) is 0 Å². The van der Waals surface area contributed by atoms with Crippen molar-refractivity contribution in [1.82, 2.24) is 0 Å². The molecule has 0 atom stereocenters. The summed E-state index contributed by atoms with van der Waals surface area (Å²) in [5.74, 6) is -1.72. The van der Waals surface area contributed by atoms with Gasteiger partial charge >= 0.3 is 11.9 Å². The standard InChI is InChI=1S/C13H14O4/c14-12(15)10-6-11(7-10)13(16)17-8-9-4-2-1-3-5-9/h1-5,10-11H,6-8H2,(H,14,15)/t10-,11-. The maximum Gasteiger partial charge on any atom is 0.309 e. The first-order chi connectivity index (χ1) is 8.16. The number of hydrogen-bond donors (Lipinski definition) is 1. The number of esters is 1. The molecule has 1 saturated carbocycles. The lowest BCUT2D eigenvalue weighted by Gasteiger charge is -2.30. The van der Waals surface area contributed by atoms with Crippen LogP contribution < -0.4 is 0 Å². The molecular weight excluding hydrogens is 220 g/mol. The van der Waals surface area contributed by atoms with Gasteiger partial charge in [0.25, 0.3) is 0 Å². The number of carbonyl (C=O) groups excluding carboxylic acids is 1. The van der Waals surface area contributed by atoms with Gasteiger partial charge in [-0.2, -0.15) is 0 Å². The molecule has 1 aliphatic rings. The van der Waals surface area contributed by atoms with Gasteiger partial charge in [-0.1, -0.05) is 30.3 Å². The third-order valence-corrected chi connectivity index (χ3v) is 3.04. The van der Waals surface area contributed by atoms with Gasteiger partial charge in [0.1, 0.15) is 6.61 Å². The number of carboxylic acids is 1. The van der Waals surface area contributed by atoms with E-state index in [2.05, 4.69) is 0 Å². The van der Waals surface area contributed by atoms with Crippen LogP contribution in [-0.4, -0.2) is 17.0 Å². The number of hydrogen-bond acceptors (Lipinski definition) is 3. The molecule has 2 rings (SSSR count). The van der Waals surface area contributed by atoms with E-state index in [0.717, 1.165) is 5.56 Å². The zero-order valence-corrected chi connectivity index (χ0v) is 9.33. The minimum atomic E-state index is -0.822. The Hall–Kier alpha value is -1.84. The summed E-state index contributed by atoms with van der Waals surface area (Å²) in [4.78, 5) is 22.1. The molecule has 1 aromatic rings. The highest BCUT2D eigenvalue weighted by molar-refractivity contribution is 5.79. The second-order valence-electron chi connectivity index (χ2n) is 4.30. The molecule has 0 saturated heterocycles. The number of carboxylic acid groups (broad SMARTS) is 1. The normalized spacial score (nSPS) is 22.6. The van der Waals surface area contributed by atoms with Crippen molar-refractivity contribution in [2.24, 2.45) is 11.8 Å². The van der Waals surface area contributed by atoms with E-state index < -0.39 is 5.97 Å². The summed E-state index contributed by atoms with van der Waals surface area (Å²) in [6, 6.07) is 9.43. The number of aliphatic carboxylic acids is 1. The minimum absolute atomic E-state index is 0.236. The smallest absolute Gasteiger partial charge is 0.309 e. The predicted molar refractivity (Wildman–Crippen MR) is 60.1 cm³/mol. The molecular formula is C13H14O4. The van der Waals surface area contributed by atoms with Gasteiger partial charge in [0.15, 0.2) is 0 Å². The van der Waals surface area contributed by atoms with Crippen LogP contribution in [0.4, 0.5) is 0 Å². The number of ether oxygens (including phenoxy) is 1. The Bertz CT molecular complexity index is 407. The third kappa shape index (κ3) is 2.84. The molecule has 0 aliphatic heterocycles. The molecule has 4 nitrogen and oxygen atoms in total. The molecule has 1 fully saturated rings. The van der Waals surface area contributed by atoms with Crippen LogP contribution in [0.3, 0.4) is 0 Å². The van der Waals surface area contributed by atoms with Crippen molar-refractivity contribution < 1.29 is 19.4 Å². The molecule has 0 heterocycles. The highest BCUT2D eigenvalue weighted by Crippen LogP contribution is 2.34. The topological polar surface area (TPSA) is 63.6 Å². The average molecular weight is 234 g/mol. The Balaban J connectivity index is 1.74. The Morgan fingerprint density at radius 3 is 2.41 bits per heavy atom. The summed E-state index contributed by atoms with van der Waals surface area (Å²) < 4.78 is 5.13. The average Bonchev–Trinajstić information content (AvgIpc) is 2.25. The molecule has 1 N–H and O–H groups in total. The maximum absolute atomic E-state index is 11.6. The lowest BCUT2D eigenvalue weighted by Crippen LogP contribution is -2.36. The maximum atomic E-state index is 11.6. The van der Waals surface area contributed by atoms with Gasteiger partial charge in [-0.15, -0.1) is 0 Å². The molecule has 0 radical (unpaired) electrons. The van der Waals surface area contributed by atoms with E-state index in [0.29, 0.717) is 12.8 Å². The van der Waals surface area contributed by atoms with Crippen LogP contribution in [0.5, 0.6) is 0 Å². The number of benzene rings is 1. The van der Waals surface area contributed by atoms with Gasteiger partial charge in [-0.25, -0.2) is 0 Å². The first-order valence-electron chi connectivity index (χ1n) is 5.60. The molecule has 0 unspecified atom stereocenters. The largest absolute Gasteiger partial charge is 0.481 e. The van der Waals surface area contributed by atoms with E-state index in [4.69, 9.17) is 9.84 Å². The molecule has 0 spiro atoms. The zero-order chi connectivity index (χ0) is 12.3. The SMILES string of the molecule is O=C(O)[C@H]1C[C@H](C(=O)OCc2ccccc2)C1. The third-order valence-electron chi connectivity index (χ3n) is 3.04. The van der Waals surface area contributed by atoms with Gasteiger partial charge in [0.2, 0.25) is 0 Å². The first kappa shape index (κ1) is 11.6. The highest BCUT2D eigenvalue weighted by atomic mass is 16.5. The zero-order valence-electron chi connectivity index (χ0n) is 9.33. The summed E-state index contributed by atoms with van der Waals surface area (Å²) in [7, 11) is 0. The molecule has 0 aromatic heterocycles. The molecule has 1 aliphatic carbocycles. The minimum Gasteiger partial charge on any atom is -0.481 e. The van der Waals surface area contributed by atoms with Crippen LogP contribution in [0.15, 0.2) is 30.3 Å². The van der Waals surface area contributed by atoms with Crippen LogP contribution in [-0.2, 0) is 20.9 Å². The molecule has 90 valence electrons. The van der Waals surface area contributed by atoms with Gasteiger partial charge < -0.3 is 9.84 Å². The lowest BCUT2D eigenvalue weighted by molar-refractivity contribution is -0.159. The van der Waals surface area contributed by atoms with E-state index in [1.807, 2.05) is 30.3 Å². The molecule has 0 amide bonds. The van der Waals surface area contributed by atoms with Gasteiger partial charge in [0, 0.05) is 0 Å². The van der Waals surface area contributed by atoms with Crippen LogP contribution >= 0.6 is 0 Å². The fourth-order valence-corrected chi connectivity index (χ4v) is 1.86. The summed E-state index contributed by atoms with van der Waals surface area (Å²) in [6.45, 7) is 0.258. The van der Waals surface area contributed by atoms with E-state index >= 15 is 0 Å². The number of rotatable bonds is 4. The van der Waals surface area contributed by atoms with Gasteiger partial charge in [0.05, 0.1) is 11.8 Å². The van der Waals surface area contributed by atoms with Crippen molar-refractivity contribution in [3.8, 4) is 0 Å². The van der Waals surface area contributed by atoms with Crippen LogP contribution in [0.2, 0.25) is 0 Å². The molecule has 0 bridgehead atoms. The van der Waals surface area contributed by atoms with Crippen molar-refractivity contribution in [2.45, 2.75) is 19.4 Å². The fraction of sp³-hybridized carbons (Fsp3) is 0.385. The summed E-state index contributed by atoms with van der Waals surface area (Å²) in [6.07, 6.45) is 0.811. The monoisotopic (exact) mass is 234 g/mol. The van der Waals surface area contributed by atoms with Crippen LogP contribution in [0.25, 0.3) is 0 Å². The second kappa shape index (κ2) is 4.99. The Morgan fingerprint density at radius 2 is 1.82 bits per heavy atom. The predicted octanol–water partition coefficient (Wildman–Crippen LogP) is 1.84. The quantitative estimate of drug-likeness (QED) is 0.807.